The number of hydrogen-bond donors (Lipinski definition) is 3. The highest BCUT2D eigenvalue weighted by atomic mass is 16.4. The molecule has 1 aromatic rings. The molecule has 2 aliphatic rings. The van der Waals surface area contributed by atoms with Crippen LogP contribution in [0.3, 0.4) is 0 Å². The van der Waals surface area contributed by atoms with Crippen molar-refractivity contribution in [3.8, 4) is 0 Å². The quantitative estimate of drug-likeness (QED) is 0.767. The van der Waals surface area contributed by atoms with Crippen LogP contribution in [0.1, 0.15) is 32.1 Å². The fourth-order valence-electron chi connectivity index (χ4n) is 3.19. The molecule has 1 fully saturated rings. The van der Waals surface area contributed by atoms with Crippen LogP contribution in [0.4, 0.5) is 5.69 Å². The van der Waals surface area contributed by atoms with Crippen LogP contribution in [0, 0.1) is 0 Å². The van der Waals surface area contributed by atoms with Gasteiger partial charge in [-0.3, -0.25) is 9.80 Å². The maximum absolute atomic E-state index is 12.4. The van der Waals surface area contributed by atoms with Crippen LogP contribution in [0.25, 0.3) is 0 Å². The summed E-state index contributed by atoms with van der Waals surface area (Å²) >= 11 is 0. The molecule has 1 aliphatic carbocycles. The van der Waals surface area contributed by atoms with Crippen molar-refractivity contribution in [3.63, 3.8) is 0 Å². The second kappa shape index (κ2) is 7.00. The van der Waals surface area contributed by atoms with Crippen molar-refractivity contribution >= 4 is 23.3 Å². The van der Waals surface area contributed by atoms with Crippen LogP contribution in [0.2, 0.25) is 0 Å². The second-order valence-electron chi connectivity index (χ2n) is 6.22. The van der Waals surface area contributed by atoms with Gasteiger partial charge in [-0.25, -0.2) is 4.79 Å². The van der Waals surface area contributed by atoms with Crippen LogP contribution >= 0.6 is 0 Å². The third kappa shape index (κ3) is 3.41. The Morgan fingerprint density at radius 3 is 2.54 bits per heavy atom. The van der Waals surface area contributed by atoms with E-state index in [0.29, 0.717) is 12.1 Å². The predicted octanol–water partition coefficient (Wildman–Crippen LogP) is 1.13. The third-order valence-electron chi connectivity index (χ3n) is 4.52. The Balaban J connectivity index is 1.75. The summed E-state index contributed by atoms with van der Waals surface area (Å²) in [5.74, 6) is -1.42. The number of aliphatic carboxylic acids is 1. The molecule has 1 heterocycles. The lowest BCUT2D eigenvalue weighted by Crippen LogP contribution is -2.47. The molecular weight excluding hydrogens is 310 g/mol. The number of nitrogens with one attached hydrogen (secondary N) is 1. The molecule has 3 rings (SSSR count). The molecule has 1 saturated carbocycles. The van der Waals surface area contributed by atoms with E-state index in [1.54, 1.807) is 24.3 Å². The maximum Gasteiger partial charge on any atom is 0.328 e. The van der Waals surface area contributed by atoms with Crippen molar-refractivity contribution in [3.05, 3.63) is 30.3 Å². The first-order valence-electron chi connectivity index (χ1n) is 8.20. The Hall–Kier alpha value is -2.41. The molecule has 1 aromatic carbocycles. The van der Waals surface area contributed by atoms with Gasteiger partial charge >= 0.3 is 5.97 Å². The summed E-state index contributed by atoms with van der Waals surface area (Å²) in [6, 6.07) is 7.74. The molecule has 24 heavy (non-hydrogen) atoms. The van der Waals surface area contributed by atoms with Gasteiger partial charge in [-0.15, -0.1) is 0 Å². The third-order valence-corrected chi connectivity index (χ3v) is 4.52. The first-order valence-corrected chi connectivity index (χ1v) is 8.20. The topological polar surface area (TPSA) is 102 Å². The van der Waals surface area contributed by atoms with Gasteiger partial charge in [0.15, 0.2) is 6.04 Å². The first-order chi connectivity index (χ1) is 11.6. The summed E-state index contributed by atoms with van der Waals surface area (Å²) in [4.78, 5) is 23.9. The normalized spacial score (nSPS) is 26.8. The van der Waals surface area contributed by atoms with Crippen LogP contribution in [0.5, 0.6) is 0 Å². The Morgan fingerprint density at radius 2 is 1.88 bits per heavy atom. The van der Waals surface area contributed by atoms with E-state index in [0.717, 1.165) is 19.3 Å². The van der Waals surface area contributed by atoms with Crippen LogP contribution < -0.4 is 10.3 Å². The van der Waals surface area contributed by atoms with E-state index >= 15 is 0 Å². The Labute approximate surface area is 140 Å². The fourth-order valence-corrected chi connectivity index (χ4v) is 3.19. The number of carboxylic acids is 1. The molecule has 7 heteroatoms. The molecule has 0 aromatic heterocycles. The number of carboxylic acid groups (broad SMARTS) is 1. The summed E-state index contributed by atoms with van der Waals surface area (Å²) < 4.78 is 0. The number of anilines is 1. The zero-order chi connectivity index (χ0) is 17.1. The van der Waals surface area contributed by atoms with Gasteiger partial charge in [-0.05, 0) is 25.0 Å². The monoisotopic (exact) mass is 331 g/mol. The van der Waals surface area contributed by atoms with Gasteiger partial charge in [0.1, 0.15) is 5.71 Å². The van der Waals surface area contributed by atoms with E-state index < -0.39 is 24.0 Å². The average molecular weight is 331 g/mol. The summed E-state index contributed by atoms with van der Waals surface area (Å²) in [6.45, 7) is 0. The molecule has 0 spiro atoms. The van der Waals surface area contributed by atoms with Crippen LogP contribution in [-0.2, 0) is 9.59 Å². The van der Waals surface area contributed by atoms with Gasteiger partial charge in [0.2, 0.25) is 0 Å². The zero-order valence-electron chi connectivity index (χ0n) is 13.3. The Kier molecular flexibility index (Phi) is 4.80. The van der Waals surface area contributed by atoms with E-state index in [9.17, 15) is 19.8 Å². The number of aliphatic hydroxyl groups is 1. The van der Waals surface area contributed by atoms with Gasteiger partial charge in [-0.2, -0.15) is 5.10 Å². The van der Waals surface area contributed by atoms with E-state index in [4.69, 9.17) is 0 Å². The van der Waals surface area contributed by atoms with Gasteiger partial charge < -0.3 is 15.5 Å². The summed E-state index contributed by atoms with van der Waals surface area (Å²) in [5, 5.41) is 27.8. The molecule has 7 nitrogen and oxygen atoms in total. The number of benzene rings is 1. The van der Waals surface area contributed by atoms with Crippen LogP contribution in [0.15, 0.2) is 35.4 Å². The van der Waals surface area contributed by atoms with Gasteiger partial charge in [-0.1, -0.05) is 31.0 Å². The van der Waals surface area contributed by atoms with Crippen LogP contribution in [-0.4, -0.2) is 46.0 Å². The molecular formula is C17H21N3O4. The molecule has 3 N–H and O–H groups in total. The van der Waals surface area contributed by atoms with E-state index in [-0.39, 0.29) is 18.2 Å². The lowest BCUT2D eigenvalue weighted by molar-refractivity contribution is -0.138. The minimum Gasteiger partial charge on any atom is -0.480 e. The molecule has 128 valence electrons. The van der Waals surface area contributed by atoms with E-state index in [2.05, 4.69) is 10.4 Å². The molecule has 1 unspecified atom stereocenters. The SMILES string of the molecule is O=C(N[C@@H]1CCCC[C@H]1O)C1=NN(c2ccccc2)C(C(=O)O)C1. The van der Waals surface area contributed by atoms with Crippen molar-refractivity contribution in [1.82, 2.24) is 5.32 Å². The molecule has 0 radical (unpaired) electrons. The standard InChI is InChI=1S/C17H21N3O4/c21-15-9-5-4-8-12(15)18-16(22)13-10-14(17(23)24)20(19-13)11-6-2-1-3-7-11/h1-3,6-7,12,14-15,21H,4-5,8-10H2,(H,18,22)(H,23,24)/t12-,14?,15-/m1/s1. The second-order valence-corrected chi connectivity index (χ2v) is 6.22. The van der Waals surface area contributed by atoms with Crippen molar-refractivity contribution in [2.45, 2.75) is 50.3 Å². The number of para-hydroxylation sites is 1. The zero-order valence-corrected chi connectivity index (χ0v) is 13.3. The van der Waals surface area contributed by atoms with Gasteiger partial charge in [0, 0.05) is 6.42 Å². The van der Waals surface area contributed by atoms with Crippen molar-refractivity contribution in [2.75, 3.05) is 5.01 Å². The highest BCUT2D eigenvalue weighted by Crippen LogP contribution is 2.25. The summed E-state index contributed by atoms with van der Waals surface area (Å²) in [7, 11) is 0. The Bertz CT molecular complexity index is 646. The minimum absolute atomic E-state index is 0.0406. The van der Waals surface area contributed by atoms with E-state index in [1.165, 1.54) is 5.01 Å². The number of hydrazone groups is 1. The highest BCUT2D eigenvalue weighted by Gasteiger charge is 2.37. The number of carbonyl (C=O) groups excluding carboxylic acids is 1. The summed E-state index contributed by atoms with van der Waals surface area (Å²) in [6.07, 6.45) is 2.81. The number of amides is 1. The van der Waals surface area contributed by atoms with Crippen molar-refractivity contribution < 1.29 is 19.8 Å². The molecule has 0 bridgehead atoms. The lowest BCUT2D eigenvalue weighted by Gasteiger charge is -2.28. The van der Waals surface area contributed by atoms with Crippen molar-refractivity contribution in [2.24, 2.45) is 5.10 Å². The first kappa shape index (κ1) is 16.4. The fraction of sp³-hybridized carbons (Fsp3) is 0.471. The lowest BCUT2D eigenvalue weighted by atomic mass is 9.92. The predicted molar refractivity (Wildman–Crippen MR) is 88.8 cm³/mol. The Morgan fingerprint density at radius 1 is 1.17 bits per heavy atom. The molecule has 0 saturated heterocycles. The van der Waals surface area contributed by atoms with Gasteiger partial charge in [0.25, 0.3) is 5.91 Å². The minimum atomic E-state index is -1.02. The van der Waals surface area contributed by atoms with Crippen molar-refractivity contribution in [1.29, 1.82) is 0 Å². The number of rotatable bonds is 4. The maximum atomic E-state index is 12.4. The van der Waals surface area contributed by atoms with Gasteiger partial charge in [0.05, 0.1) is 17.8 Å². The molecule has 1 amide bonds. The van der Waals surface area contributed by atoms with E-state index in [1.807, 2.05) is 6.07 Å². The molecule has 1 aliphatic heterocycles. The molecule has 3 atom stereocenters. The number of hydrogen-bond acceptors (Lipinski definition) is 5. The highest BCUT2D eigenvalue weighted by molar-refractivity contribution is 6.40. The largest absolute Gasteiger partial charge is 0.480 e. The number of carbonyl (C=O) groups is 2. The number of aliphatic hydroxyl groups excluding tert-OH is 1. The average Bonchev–Trinajstić information content (AvgIpc) is 3.03. The smallest absolute Gasteiger partial charge is 0.328 e. The number of nitrogens with zero attached hydrogens (tertiary/aromatic N) is 2. The summed E-state index contributed by atoms with van der Waals surface area (Å²) in [5.41, 5.74) is 0.814.